The molecule has 0 bridgehead atoms. The molecule has 1 amide bonds. The van der Waals surface area contributed by atoms with Gasteiger partial charge in [-0.25, -0.2) is 0 Å². The second-order valence-electron chi connectivity index (χ2n) is 6.65. The Labute approximate surface area is 131 Å². The Morgan fingerprint density at radius 2 is 2.14 bits per heavy atom. The third kappa shape index (κ3) is 5.31. The Kier molecular flexibility index (Phi) is 5.31. The number of nitrogens with one attached hydrogen (secondary N) is 1. The summed E-state index contributed by atoms with van der Waals surface area (Å²) in [6.45, 7) is 6.49. The second kappa shape index (κ2) is 7.20. The number of hydrogen-bond acceptors (Lipinski definition) is 4. The molecule has 5 nitrogen and oxygen atoms in total. The SMILES string of the molecule is CC(C)(C)C[C@@H](NC(=O)CCc1ccno1)c1cccnc1. The van der Waals surface area contributed by atoms with Crippen LogP contribution in [-0.2, 0) is 11.2 Å². The summed E-state index contributed by atoms with van der Waals surface area (Å²) in [5, 5.41) is 6.75. The van der Waals surface area contributed by atoms with Gasteiger partial charge in [-0.3, -0.25) is 9.78 Å². The fourth-order valence-electron chi connectivity index (χ4n) is 2.32. The van der Waals surface area contributed by atoms with E-state index in [4.69, 9.17) is 4.52 Å². The average molecular weight is 301 g/mol. The quantitative estimate of drug-likeness (QED) is 0.889. The van der Waals surface area contributed by atoms with E-state index in [0.717, 1.165) is 17.7 Å². The number of hydrogen-bond donors (Lipinski definition) is 1. The van der Waals surface area contributed by atoms with E-state index in [1.54, 1.807) is 18.5 Å². The van der Waals surface area contributed by atoms with Crippen molar-refractivity contribution in [2.45, 2.75) is 46.1 Å². The molecule has 2 rings (SSSR count). The van der Waals surface area contributed by atoms with Crippen LogP contribution in [0.15, 0.2) is 41.3 Å². The number of aryl methyl sites for hydroxylation is 1. The summed E-state index contributed by atoms with van der Waals surface area (Å²) in [6, 6.07) is 5.64. The molecule has 0 aromatic carbocycles. The normalized spacial score (nSPS) is 12.9. The van der Waals surface area contributed by atoms with Gasteiger partial charge in [0.1, 0.15) is 5.76 Å². The van der Waals surface area contributed by atoms with E-state index < -0.39 is 0 Å². The highest BCUT2D eigenvalue weighted by Crippen LogP contribution is 2.29. The van der Waals surface area contributed by atoms with Crippen molar-refractivity contribution in [3.8, 4) is 0 Å². The van der Waals surface area contributed by atoms with Crippen LogP contribution in [-0.4, -0.2) is 16.0 Å². The van der Waals surface area contributed by atoms with Crippen molar-refractivity contribution in [1.82, 2.24) is 15.5 Å². The van der Waals surface area contributed by atoms with Crippen LogP contribution in [0.2, 0.25) is 0 Å². The van der Waals surface area contributed by atoms with Gasteiger partial charge in [-0.05, 0) is 23.5 Å². The first-order chi connectivity index (χ1) is 10.4. The molecular weight excluding hydrogens is 278 g/mol. The molecule has 1 atom stereocenters. The van der Waals surface area contributed by atoms with Crippen molar-refractivity contribution >= 4 is 5.91 Å². The number of amides is 1. The minimum atomic E-state index is -0.0315. The average Bonchev–Trinajstić information content (AvgIpc) is 2.97. The zero-order valence-electron chi connectivity index (χ0n) is 13.4. The molecule has 22 heavy (non-hydrogen) atoms. The number of carbonyl (C=O) groups excluding carboxylic acids is 1. The number of rotatable bonds is 6. The van der Waals surface area contributed by atoms with Crippen molar-refractivity contribution in [1.29, 1.82) is 0 Å². The summed E-state index contributed by atoms with van der Waals surface area (Å²) in [5.41, 5.74) is 1.14. The molecule has 118 valence electrons. The minimum Gasteiger partial charge on any atom is -0.361 e. The zero-order valence-corrected chi connectivity index (χ0v) is 13.4. The van der Waals surface area contributed by atoms with Gasteiger partial charge in [0.2, 0.25) is 5.91 Å². The molecule has 0 saturated heterocycles. The van der Waals surface area contributed by atoms with E-state index in [-0.39, 0.29) is 17.4 Å². The number of pyridine rings is 1. The van der Waals surface area contributed by atoms with Gasteiger partial charge in [0, 0.05) is 31.3 Å². The lowest BCUT2D eigenvalue weighted by atomic mass is 9.85. The first-order valence-corrected chi connectivity index (χ1v) is 7.53. The van der Waals surface area contributed by atoms with Gasteiger partial charge >= 0.3 is 0 Å². The van der Waals surface area contributed by atoms with E-state index in [1.165, 1.54) is 0 Å². The molecule has 0 unspecified atom stereocenters. The fourth-order valence-corrected chi connectivity index (χ4v) is 2.32. The first-order valence-electron chi connectivity index (χ1n) is 7.53. The van der Waals surface area contributed by atoms with Crippen molar-refractivity contribution in [3.05, 3.63) is 48.1 Å². The van der Waals surface area contributed by atoms with E-state index >= 15 is 0 Å². The topological polar surface area (TPSA) is 68.0 Å². The van der Waals surface area contributed by atoms with E-state index in [2.05, 4.69) is 36.2 Å². The highest BCUT2D eigenvalue weighted by atomic mass is 16.5. The van der Waals surface area contributed by atoms with Gasteiger partial charge in [-0.1, -0.05) is 32.0 Å². The molecule has 0 radical (unpaired) electrons. The van der Waals surface area contributed by atoms with Crippen molar-refractivity contribution < 1.29 is 9.32 Å². The van der Waals surface area contributed by atoms with E-state index in [1.807, 2.05) is 18.3 Å². The Morgan fingerprint density at radius 3 is 2.73 bits per heavy atom. The van der Waals surface area contributed by atoms with Crippen LogP contribution < -0.4 is 5.32 Å². The van der Waals surface area contributed by atoms with Crippen molar-refractivity contribution in [2.75, 3.05) is 0 Å². The van der Waals surface area contributed by atoms with Gasteiger partial charge in [0.25, 0.3) is 0 Å². The molecule has 0 spiro atoms. The Hall–Kier alpha value is -2.17. The van der Waals surface area contributed by atoms with Gasteiger partial charge in [0.05, 0.1) is 12.2 Å². The maximum atomic E-state index is 12.2. The van der Waals surface area contributed by atoms with Crippen molar-refractivity contribution in [2.24, 2.45) is 5.41 Å². The lowest BCUT2D eigenvalue weighted by Gasteiger charge is -2.27. The first kappa shape index (κ1) is 16.2. The molecule has 2 aromatic heterocycles. The van der Waals surface area contributed by atoms with Crippen LogP contribution in [0.4, 0.5) is 0 Å². The molecule has 2 heterocycles. The molecule has 0 aliphatic rings. The Bertz CT molecular complexity index is 574. The zero-order chi connectivity index (χ0) is 16.0. The third-order valence-electron chi connectivity index (χ3n) is 3.33. The summed E-state index contributed by atoms with van der Waals surface area (Å²) in [7, 11) is 0. The predicted molar refractivity (Wildman–Crippen MR) is 84.0 cm³/mol. The lowest BCUT2D eigenvalue weighted by molar-refractivity contribution is -0.122. The number of carbonyl (C=O) groups is 1. The van der Waals surface area contributed by atoms with Gasteiger partial charge in [0.15, 0.2) is 0 Å². The monoisotopic (exact) mass is 301 g/mol. The second-order valence-corrected chi connectivity index (χ2v) is 6.65. The smallest absolute Gasteiger partial charge is 0.220 e. The molecule has 1 N–H and O–H groups in total. The van der Waals surface area contributed by atoms with Crippen LogP contribution in [0, 0.1) is 5.41 Å². The maximum Gasteiger partial charge on any atom is 0.220 e. The third-order valence-corrected chi connectivity index (χ3v) is 3.33. The summed E-state index contributed by atoms with van der Waals surface area (Å²) in [5.74, 6) is 0.735. The van der Waals surface area contributed by atoms with E-state index in [0.29, 0.717) is 12.8 Å². The van der Waals surface area contributed by atoms with Gasteiger partial charge in [-0.2, -0.15) is 0 Å². The largest absolute Gasteiger partial charge is 0.361 e. The Morgan fingerprint density at radius 1 is 1.32 bits per heavy atom. The summed E-state index contributed by atoms with van der Waals surface area (Å²) >= 11 is 0. The van der Waals surface area contributed by atoms with Crippen LogP contribution in [0.1, 0.15) is 51.0 Å². The molecule has 0 saturated carbocycles. The van der Waals surface area contributed by atoms with Crippen molar-refractivity contribution in [3.63, 3.8) is 0 Å². The molecule has 5 heteroatoms. The lowest BCUT2D eigenvalue weighted by Crippen LogP contribution is -2.31. The molecule has 2 aromatic rings. The molecule has 0 fully saturated rings. The Balaban J connectivity index is 1.98. The van der Waals surface area contributed by atoms with Gasteiger partial charge < -0.3 is 9.84 Å². The summed E-state index contributed by atoms with van der Waals surface area (Å²) in [4.78, 5) is 16.4. The fraction of sp³-hybridized carbons (Fsp3) is 0.471. The number of nitrogens with zero attached hydrogens (tertiary/aromatic N) is 2. The van der Waals surface area contributed by atoms with Gasteiger partial charge in [-0.15, -0.1) is 0 Å². The minimum absolute atomic E-state index is 0.00880. The van der Waals surface area contributed by atoms with Crippen LogP contribution in [0.3, 0.4) is 0 Å². The molecule has 0 aliphatic carbocycles. The molecular formula is C17H23N3O2. The highest BCUT2D eigenvalue weighted by Gasteiger charge is 2.22. The molecule has 0 aliphatic heterocycles. The summed E-state index contributed by atoms with van der Waals surface area (Å²) < 4.78 is 5.01. The van der Waals surface area contributed by atoms with Crippen LogP contribution >= 0.6 is 0 Å². The van der Waals surface area contributed by atoms with Crippen LogP contribution in [0.25, 0.3) is 0 Å². The standard InChI is InChI=1S/C17H23N3O2/c1-17(2,3)11-15(13-5-4-9-18-12-13)20-16(21)7-6-14-8-10-19-22-14/h4-5,8-10,12,15H,6-7,11H2,1-3H3,(H,20,21)/t15-/m1/s1. The maximum absolute atomic E-state index is 12.2. The number of aromatic nitrogens is 2. The highest BCUT2D eigenvalue weighted by molar-refractivity contribution is 5.76. The van der Waals surface area contributed by atoms with E-state index in [9.17, 15) is 4.79 Å². The predicted octanol–water partition coefficient (Wildman–Crippen LogP) is 3.30. The summed E-state index contributed by atoms with van der Waals surface area (Å²) in [6.07, 6.45) is 6.94. The van der Waals surface area contributed by atoms with Crippen LogP contribution in [0.5, 0.6) is 0 Å².